The van der Waals surface area contributed by atoms with Gasteiger partial charge in [-0.15, -0.1) is 0 Å². The van der Waals surface area contributed by atoms with Gasteiger partial charge in [-0.25, -0.2) is 4.98 Å². The standard InChI is InChI=1S/C12H18N2O/c1-10(2)9-15-8-7-14-12-11(3)5-4-6-13-12/h4-6H,1,7-9H2,2-3H3,(H,13,14). The number of ether oxygens (including phenoxy) is 1. The largest absolute Gasteiger partial charge is 0.375 e. The quantitative estimate of drug-likeness (QED) is 0.573. The number of hydrogen-bond donors (Lipinski definition) is 1. The smallest absolute Gasteiger partial charge is 0.128 e. The number of hydrogen-bond acceptors (Lipinski definition) is 3. The van der Waals surface area contributed by atoms with Gasteiger partial charge in [-0.1, -0.05) is 18.2 Å². The summed E-state index contributed by atoms with van der Waals surface area (Å²) in [6, 6.07) is 3.96. The van der Waals surface area contributed by atoms with E-state index in [2.05, 4.69) is 16.9 Å². The highest BCUT2D eigenvalue weighted by Gasteiger charge is 1.96. The minimum atomic E-state index is 0.628. The van der Waals surface area contributed by atoms with E-state index in [1.54, 1.807) is 6.20 Å². The van der Waals surface area contributed by atoms with Crippen LogP contribution in [0.5, 0.6) is 0 Å². The third-order valence-corrected chi connectivity index (χ3v) is 1.90. The van der Waals surface area contributed by atoms with Crippen molar-refractivity contribution in [2.75, 3.05) is 25.1 Å². The Morgan fingerprint density at radius 1 is 1.60 bits per heavy atom. The van der Waals surface area contributed by atoms with Crippen LogP contribution in [0, 0.1) is 6.92 Å². The Kier molecular flexibility index (Phi) is 4.84. The summed E-state index contributed by atoms with van der Waals surface area (Å²) in [6.07, 6.45) is 1.78. The lowest BCUT2D eigenvalue weighted by Gasteiger charge is -2.08. The first-order valence-electron chi connectivity index (χ1n) is 5.08. The number of anilines is 1. The molecule has 1 aromatic heterocycles. The van der Waals surface area contributed by atoms with Gasteiger partial charge in [-0.2, -0.15) is 0 Å². The number of nitrogens with one attached hydrogen (secondary N) is 1. The van der Waals surface area contributed by atoms with E-state index in [9.17, 15) is 0 Å². The molecule has 0 bridgehead atoms. The fourth-order valence-electron chi connectivity index (χ4n) is 1.16. The number of nitrogens with zero attached hydrogens (tertiary/aromatic N) is 1. The topological polar surface area (TPSA) is 34.1 Å². The van der Waals surface area contributed by atoms with Crippen LogP contribution >= 0.6 is 0 Å². The first kappa shape index (κ1) is 11.7. The van der Waals surface area contributed by atoms with Crippen molar-refractivity contribution in [3.8, 4) is 0 Å². The molecule has 0 unspecified atom stereocenters. The fourth-order valence-corrected chi connectivity index (χ4v) is 1.16. The Morgan fingerprint density at radius 2 is 2.40 bits per heavy atom. The van der Waals surface area contributed by atoms with Crippen molar-refractivity contribution in [2.45, 2.75) is 13.8 Å². The van der Waals surface area contributed by atoms with E-state index in [1.807, 2.05) is 26.0 Å². The third kappa shape index (κ3) is 4.61. The van der Waals surface area contributed by atoms with Gasteiger partial charge in [-0.3, -0.25) is 0 Å². The summed E-state index contributed by atoms with van der Waals surface area (Å²) in [5.41, 5.74) is 2.20. The molecule has 0 aliphatic heterocycles. The van der Waals surface area contributed by atoms with Crippen molar-refractivity contribution in [3.63, 3.8) is 0 Å². The zero-order valence-electron chi connectivity index (χ0n) is 9.42. The molecule has 0 aliphatic carbocycles. The van der Waals surface area contributed by atoms with Crippen molar-refractivity contribution >= 4 is 5.82 Å². The predicted molar refractivity (Wildman–Crippen MR) is 63.1 cm³/mol. The van der Waals surface area contributed by atoms with Crippen molar-refractivity contribution in [2.24, 2.45) is 0 Å². The maximum absolute atomic E-state index is 5.37. The number of aromatic nitrogens is 1. The monoisotopic (exact) mass is 206 g/mol. The summed E-state index contributed by atoms with van der Waals surface area (Å²) in [6.45, 7) is 9.82. The molecule has 1 N–H and O–H groups in total. The molecule has 0 aliphatic rings. The minimum Gasteiger partial charge on any atom is -0.375 e. The Balaban J connectivity index is 2.21. The molecule has 1 aromatic rings. The average Bonchev–Trinajstić information content (AvgIpc) is 2.20. The first-order chi connectivity index (χ1) is 7.20. The second-order valence-electron chi connectivity index (χ2n) is 3.61. The third-order valence-electron chi connectivity index (χ3n) is 1.90. The van der Waals surface area contributed by atoms with Gasteiger partial charge in [0, 0.05) is 12.7 Å². The van der Waals surface area contributed by atoms with E-state index in [0.717, 1.165) is 23.5 Å². The number of rotatable bonds is 6. The van der Waals surface area contributed by atoms with E-state index in [1.165, 1.54) is 0 Å². The van der Waals surface area contributed by atoms with Crippen LogP contribution in [-0.2, 0) is 4.74 Å². The van der Waals surface area contributed by atoms with Gasteiger partial charge in [0.1, 0.15) is 5.82 Å². The normalized spacial score (nSPS) is 10.0. The Hall–Kier alpha value is -1.35. The molecule has 3 nitrogen and oxygen atoms in total. The van der Waals surface area contributed by atoms with Crippen LogP contribution in [0.25, 0.3) is 0 Å². The Bertz CT molecular complexity index is 323. The van der Waals surface area contributed by atoms with E-state index in [-0.39, 0.29) is 0 Å². The summed E-state index contributed by atoms with van der Waals surface area (Å²) in [5.74, 6) is 0.927. The van der Waals surface area contributed by atoms with Gasteiger partial charge in [0.05, 0.1) is 13.2 Å². The molecule has 0 radical (unpaired) electrons. The second kappa shape index (κ2) is 6.19. The lowest BCUT2D eigenvalue weighted by Crippen LogP contribution is -2.11. The van der Waals surface area contributed by atoms with Crippen LogP contribution in [0.2, 0.25) is 0 Å². The maximum Gasteiger partial charge on any atom is 0.128 e. The highest BCUT2D eigenvalue weighted by Crippen LogP contribution is 2.07. The van der Waals surface area contributed by atoms with Gasteiger partial charge >= 0.3 is 0 Å². The summed E-state index contributed by atoms with van der Waals surface area (Å²) in [5, 5.41) is 3.22. The molecule has 1 heterocycles. The molecule has 0 spiro atoms. The van der Waals surface area contributed by atoms with Gasteiger partial charge in [-0.05, 0) is 25.5 Å². The average molecular weight is 206 g/mol. The molecular weight excluding hydrogens is 188 g/mol. The molecule has 0 saturated carbocycles. The van der Waals surface area contributed by atoms with Gasteiger partial charge in [0.15, 0.2) is 0 Å². The Morgan fingerprint density at radius 3 is 3.07 bits per heavy atom. The van der Waals surface area contributed by atoms with Gasteiger partial charge in [0.25, 0.3) is 0 Å². The Labute approximate surface area is 91.2 Å². The van der Waals surface area contributed by atoms with Crippen LogP contribution in [0.4, 0.5) is 5.82 Å². The lowest BCUT2D eigenvalue weighted by molar-refractivity contribution is 0.167. The molecule has 0 saturated heterocycles. The molecular formula is C12H18N2O. The summed E-state index contributed by atoms with van der Waals surface area (Å²) in [7, 11) is 0. The van der Waals surface area contributed by atoms with Crippen molar-refractivity contribution in [1.82, 2.24) is 4.98 Å². The molecule has 3 heteroatoms. The summed E-state index contributed by atoms with van der Waals surface area (Å²) < 4.78 is 5.37. The van der Waals surface area contributed by atoms with E-state index >= 15 is 0 Å². The van der Waals surface area contributed by atoms with Crippen LogP contribution in [0.15, 0.2) is 30.5 Å². The predicted octanol–water partition coefficient (Wildman–Crippen LogP) is 2.39. The highest BCUT2D eigenvalue weighted by molar-refractivity contribution is 5.42. The second-order valence-corrected chi connectivity index (χ2v) is 3.61. The van der Waals surface area contributed by atoms with Gasteiger partial charge < -0.3 is 10.1 Å². The minimum absolute atomic E-state index is 0.628. The fraction of sp³-hybridized carbons (Fsp3) is 0.417. The summed E-state index contributed by atoms with van der Waals surface area (Å²) in [4.78, 5) is 4.23. The number of aryl methyl sites for hydroxylation is 1. The molecule has 0 amide bonds. The van der Waals surface area contributed by atoms with Crippen LogP contribution in [0.1, 0.15) is 12.5 Å². The van der Waals surface area contributed by atoms with Crippen molar-refractivity contribution < 1.29 is 4.74 Å². The van der Waals surface area contributed by atoms with Crippen LogP contribution < -0.4 is 5.32 Å². The zero-order valence-corrected chi connectivity index (χ0v) is 9.42. The maximum atomic E-state index is 5.37. The van der Waals surface area contributed by atoms with E-state index in [0.29, 0.717) is 13.2 Å². The first-order valence-corrected chi connectivity index (χ1v) is 5.08. The molecule has 82 valence electrons. The van der Waals surface area contributed by atoms with Crippen LogP contribution in [-0.4, -0.2) is 24.7 Å². The van der Waals surface area contributed by atoms with E-state index < -0.39 is 0 Å². The highest BCUT2D eigenvalue weighted by atomic mass is 16.5. The van der Waals surface area contributed by atoms with Crippen molar-refractivity contribution in [3.05, 3.63) is 36.0 Å². The molecule has 0 aromatic carbocycles. The summed E-state index contributed by atoms with van der Waals surface area (Å²) >= 11 is 0. The molecule has 15 heavy (non-hydrogen) atoms. The molecule has 0 atom stereocenters. The molecule has 1 rings (SSSR count). The SMILES string of the molecule is C=C(C)COCCNc1ncccc1C. The number of pyridine rings is 1. The zero-order chi connectivity index (χ0) is 11.1. The lowest BCUT2D eigenvalue weighted by atomic mass is 10.3. The van der Waals surface area contributed by atoms with Crippen LogP contribution in [0.3, 0.4) is 0 Å². The molecule has 0 fully saturated rings. The van der Waals surface area contributed by atoms with E-state index in [4.69, 9.17) is 4.74 Å². The van der Waals surface area contributed by atoms with Crippen molar-refractivity contribution in [1.29, 1.82) is 0 Å². The van der Waals surface area contributed by atoms with Gasteiger partial charge in [0.2, 0.25) is 0 Å².